The van der Waals surface area contributed by atoms with Crippen LogP contribution < -0.4 is 0 Å². The molecule has 84 valence electrons. The Labute approximate surface area is 90.9 Å². The molecule has 0 heterocycles. The van der Waals surface area contributed by atoms with Crippen LogP contribution in [0.15, 0.2) is 12.1 Å². The predicted octanol–water partition coefficient (Wildman–Crippen LogP) is 2.43. The van der Waals surface area contributed by atoms with Crippen molar-refractivity contribution in [2.75, 3.05) is 0 Å². The molecule has 0 spiro atoms. The van der Waals surface area contributed by atoms with Gasteiger partial charge in [-0.2, -0.15) is 5.26 Å². The van der Waals surface area contributed by atoms with Crippen LogP contribution in [0.2, 0.25) is 0 Å². The second kappa shape index (κ2) is 4.71. The molecule has 1 aromatic rings. The van der Waals surface area contributed by atoms with Crippen molar-refractivity contribution in [1.82, 2.24) is 0 Å². The zero-order chi connectivity index (χ0) is 12.3. The molecule has 5 heteroatoms. The Hall–Kier alpha value is -1.96. The number of aryl methyl sites for hydroxylation is 1. The maximum absolute atomic E-state index is 12.6. The predicted molar refractivity (Wildman–Crippen MR) is 52.2 cm³/mol. The lowest BCUT2D eigenvalue weighted by Gasteiger charge is -2.09. The fraction of sp³-hybridized carbons (Fsp3) is 0.273. The van der Waals surface area contributed by atoms with Gasteiger partial charge in [0.2, 0.25) is 0 Å². The second-order valence-corrected chi connectivity index (χ2v) is 3.35. The summed E-state index contributed by atoms with van der Waals surface area (Å²) in [5.41, 5.74) is 0.316. The van der Waals surface area contributed by atoms with E-state index >= 15 is 0 Å². The highest BCUT2D eigenvalue weighted by atomic mass is 19.3. The average molecular weight is 225 g/mol. The summed E-state index contributed by atoms with van der Waals surface area (Å²) in [6.45, 7) is 1.58. The lowest BCUT2D eigenvalue weighted by atomic mass is 9.98. The summed E-state index contributed by atoms with van der Waals surface area (Å²) < 4.78 is 25.2. The van der Waals surface area contributed by atoms with E-state index in [0.29, 0.717) is 5.56 Å². The van der Waals surface area contributed by atoms with Crippen LogP contribution in [0.3, 0.4) is 0 Å². The Morgan fingerprint density at radius 2 is 2.19 bits per heavy atom. The molecule has 0 aliphatic rings. The van der Waals surface area contributed by atoms with Crippen LogP contribution in [-0.4, -0.2) is 11.1 Å². The minimum Gasteiger partial charge on any atom is -0.481 e. The van der Waals surface area contributed by atoms with Crippen molar-refractivity contribution < 1.29 is 18.7 Å². The number of carboxylic acid groups (broad SMARTS) is 1. The first-order chi connectivity index (χ1) is 7.45. The fourth-order valence-corrected chi connectivity index (χ4v) is 1.42. The van der Waals surface area contributed by atoms with Gasteiger partial charge in [0.1, 0.15) is 0 Å². The molecule has 1 rings (SSSR count). The Morgan fingerprint density at radius 1 is 1.56 bits per heavy atom. The number of carboxylic acids is 1. The summed E-state index contributed by atoms with van der Waals surface area (Å²) in [7, 11) is 0. The van der Waals surface area contributed by atoms with Crippen molar-refractivity contribution in [1.29, 1.82) is 5.26 Å². The molecule has 0 aliphatic carbocycles. The molecular weight excluding hydrogens is 216 g/mol. The lowest BCUT2D eigenvalue weighted by molar-refractivity contribution is -0.136. The van der Waals surface area contributed by atoms with Crippen LogP contribution in [0.1, 0.15) is 28.7 Å². The molecule has 0 atom stereocenters. The van der Waals surface area contributed by atoms with Crippen LogP contribution in [0.25, 0.3) is 0 Å². The summed E-state index contributed by atoms with van der Waals surface area (Å²) in [6.07, 6.45) is -3.24. The van der Waals surface area contributed by atoms with Gasteiger partial charge in [-0.05, 0) is 24.1 Å². The highest BCUT2D eigenvalue weighted by Crippen LogP contribution is 2.26. The van der Waals surface area contributed by atoms with Crippen molar-refractivity contribution in [2.24, 2.45) is 0 Å². The summed E-state index contributed by atoms with van der Waals surface area (Å²) in [5.74, 6) is -1.17. The Bertz CT molecular complexity index is 464. The Morgan fingerprint density at radius 3 is 2.62 bits per heavy atom. The third-order valence-corrected chi connectivity index (χ3v) is 2.18. The molecule has 0 amide bonds. The summed E-state index contributed by atoms with van der Waals surface area (Å²) in [5, 5.41) is 17.3. The maximum atomic E-state index is 12.6. The van der Waals surface area contributed by atoms with E-state index < -0.39 is 18.8 Å². The molecule has 0 bridgehead atoms. The normalized spacial score (nSPS) is 10.2. The molecule has 0 aliphatic heterocycles. The Kier molecular flexibility index (Phi) is 3.56. The van der Waals surface area contributed by atoms with E-state index in [4.69, 9.17) is 10.4 Å². The number of carbonyl (C=O) groups is 1. The van der Waals surface area contributed by atoms with Crippen LogP contribution in [-0.2, 0) is 11.2 Å². The molecule has 0 unspecified atom stereocenters. The van der Waals surface area contributed by atoms with E-state index in [0.717, 1.165) is 6.07 Å². The van der Waals surface area contributed by atoms with E-state index in [1.807, 2.05) is 0 Å². The van der Waals surface area contributed by atoms with Gasteiger partial charge in [-0.1, -0.05) is 6.07 Å². The number of nitriles is 1. The van der Waals surface area contributed by atoms with Gasteiger partial charge in [0.25, 0.3) is 6.43 Å². The van der Waals surface area contributed by atoms with Crippen LogP contribution in [0.5, 0.6) is 0 Å². The molecule has 1 N–H and O–H groups in total. The zero-order valence-corrected chi connectivity index (χ0v) is 8.50. The van der Waals surface area contributed by atoms with Gasteiger partial charge in [-0.15, -0.1) is 0 Å². The van der Waals surface area contributed by atoms with Gasteiger partial charge in [0, 0.05) is 5.56 Å². The van der Waals surface area contributed by atoms with E-state index in [2.05, 4.69) is 0 Å². The molecule has 0 fully saturated rings. The van der Waals surface area contributed by atoms with Gasteiger partial charge in [0.15, 0.2) is 0 Å². The summed E-state index contributed by atoms with van der Waals surface area (Å²) in [4.78, 5) is 10.5. The smallest absolute Gasteiger partial charge is 0.307 e. The zero-order valence-electron chi connectivity index (χ0n) is 8.50. The first kappa shape index (κ1) is 12.1. The second-order valence-electron chi connectivity index (χ2n) is 3.35. The number of benzene rings is 1. The number of halogens is 2. The number of rotatable bonds is 3. The number of hydrogen-bond acceptors (Lipinski definition) is 2. The topological polar surface area (TPSA) is 61.1 Å². The highest BCUT2D eigenvalue weighted by molar-refractivity contribution is 5.71. The van der Waals surface area contributed by atoms with Gasteiger partial charge in [-0.3, -0.25) is 4.79 Å². The van der Waals surface area contributed by atoms with Crippen LogP contribution >= 0.6 is 0 Å². The average Bonchev–Trinajstić information content (AvgIpc) is 2.16. The SMILES string of the molecule is Cc1cc(CC(=O)O)c(C(F)F)cc1C#N. The van der Waals surface area contributed by atoms with Crippen molar-refractivity contribution >= 4 is 5.97 Å². The van der Waals surface area contributed by atoms with E-state index in [-0.39, 0.29) is 16.7 Å². The van der Waals surface area contributed by atoms with Crippen molar-refractivity contribution in [3.63, 3.8) is 0 Å². The third-order valence-electron chi connectivity index (χ3n) is 2.18. The number of alkyl halides is 2. The van der Waals surface area contributed by atoms with Crippen molar-refractivity contribution in [2.45, 2.75) is 19.8 Å². The monoisotopic (exact) mass is 225 g/mol. The van der Waals surface area contributed by atoms with Crippen molar-refractivity contribution in [3.05, 3.63) is 34.4 Å². The fourth-order valence-electron chi connectivity index (χ4n) is 1.42. The third kappa shape index (κ3) is 2.54. The number of nitrogens with zero attached hydrogens (tertiary/aromatic N) is 1. The molecule has 3 nitrogen and oxygen atoms in total. The molecule has 16 heavy (non-hydrogen) atoms. The minimum absolute atomic E-state index is 0.0546. The molecule has 0 saturated carbocycles. The molecule has 0 saturated heterocycles. The van der Waals surface area contributed by atoms with Gasteiger partial charge in [0.05, 0.1) is 18.1 Å². The van der Waals surface area contributed by atoms with Gasteiger partial charge < -0.3 is 5.11 Å². The maximum Gasteiger partial charge on any atom is 0.307 e. The van der Waals surface area contributed by atoms with Crippen LogP contribution in [0, 0.1) is 18.3 Å². The molecule has 1 aromatic carbocycles. The molecule has 0 radical (unpaired) electrons. The number of hydrogen-bond donors (Lipinski definition) is 1. The first-order valence-corrected chi connectivity index (χ1v) is 4.49. The minimum atomic E-state index is -2.78. The molecule has 0 aromatic heterocycles. The van der Waals surface area contributed by atoms with Gasteiger partial charge in [-0.25, -0.2) is 8.78 Å². The lowest BCUT2D eigenvalue weighted by Crippen LogP contribution is -2.05. The molecular formula is C11H9F2NO2. The van der Waals surface area contributed by atoms with E-state index in [1.54, 1.807) is 13.0 Å². The number of aliphatic carboxylic acids is 1. The van der Waals surface area contributed by atoms with E-state index in [1.165, 1.54) is 6.07 Å². The quantitative estimate of drug-likeness (QED) is 0.859. The van der Waals surface area contributed by atoms with Crippen LogP contribution in [0.4, 0.5) is 8.78 Å². The summed E-state index contributed by atoms with van der Waals surface area (Å²) in [6, 6.07) is 4.17. The highest BCUT2D eigenvalue weighted by Gasteiger charge is 2.17. The Balaban J connectivity index is 3.31. The van der Waals surface area contributed by atoms with E-state index in [9.17, 15) is 13.6 Å². The first-order valence-electron chi connectivity index (χ1n) is 4.49. The van der Waals surface area contributed by atoms with Gasteiger partial charge >= 0.3 is 5.97 Å². The standard InChI is InChI=1S/C11H9F2NO2/c1-6-2-7(4-10(15)16)9(11(12)13)3-8(6)5-14/h2-3,11H,4H2,1H3,(H,15,16). The summed E-state index contributed by atoms with van der Waals surface area (Å²) >= 11 is 0. The van der Waals surface area contributed by atoms with Crippen molar-refractivity contribution in [3.8, 4) is 6.07 Å². The largest absolute Gasteiger partial charge is 0.481 e.